The maximum Gasteiger partial charge on any atom is 0.246 e. The summed E-state index contributed by atoms with van der Waals surface area (Å²) in [5.74, 6) is 0. The number of nitrogens with zero attached hydrogens (tertiary/aromatic N) is 2. The zero-order chi connectivity index (χ0) is 15.5. The third-order valence-corrected chi connectivity index (χ3v) is 6.00. The number of thioether (sulfide) groups is 1. The second-order valence-corrected chi connectivity index (χ2v) is 7.72. The van der Waals surface area contributed by atoms with Crippen molar-refractivity contribution in [1.82, 2.24) is 9.29 Å². The lowest BCUT2D eigenvalue weighted by atomic mass is 10.2. The summed E-state index contributed by atoms with van der Waals surface area (Å²) < 4.78 is 26.2. The van der Waals surface area contributed by atoms with Gasteiger partial charge in [-0.1, -0.05) is 23.7 Å². The fourth-order valence-corrected chi connectivity index (χ4v) is 3.76. The van der Waals surface area contributed by atoms with E-state index < -0.39 is 10.0 Å². The molecular formula is C14H15ClN2O2S2. The van der Waals surface area contributed by atoms with Crippen molar-refractivity contribution in [1.29, 1.82) is 0 Å². The number of rotatable bonds is 5. The van der Waals surface area contributed by atoms with Crippen LogP contribution in [0.3, 0.4) is 0 Å². The van der Waals surface area contributed by atoms with Gasteiger partial charge in [-0.25, -0.2) is 8.42 Å². The van der Waals surface area contributed by atoms with Gasteiger partial charge in [0.15, 0.2) is 0 Å². The van der Waals surface area contributed by atoms with E-state index in [4.69, 9.17) is 11.6 Å². The van der Waals surface area contributed by atoms with Crippen LogP contribution in [0.2, 0.25) is 5.02 Å². The molecule has 0 N–H and O–H groups in total. The molecule has 0 saturated heterocycles. The Morgan fingerprint density at radius 2 is 1.90 bits per heavy atom. The highest BCUT2D eigenvalue weighted by Gasteiger charge is 2.23. The predicted molar refractivity (Wildman–Crippen MR) is 86.1 cm³/mol. The highest BCUT2D eigenvalue weighted by molar-refractivity contribution is 7.98. The molecule has 0 fully saturated rings. The van der Waals surface area contributed by atoms with Crippen molar-refractivity contribution >= 4 is 33.4 Å². The van der Waals surface area contributed by atoms with E-state index in [0.717, 1.165) is 10.5 Å². The van der Waals surface area contributed by atoms with E-state index >= 15 is 0 Å². The van der Waals surface area contributed by atoms with Gasteiger partial charge < -0.3 is 0 Å². The average Bonchev–Trinajstić information content (AvgIpc) is 2.48. The molecule has 0 aliphatic carbocycles. The van der Waals surface area contributed by atoms with E-state index in [9.17, 15) is 8.42 Å². The number of pyridine rings is 1. The normalized spacial score (nSPS) is 11.8. The molecule has 21 heavy (non-hydrogen) atoms. The molecule has 112 valence electrons. The van der Waals surface area contributed by atoms with Crippen LogP contribution in [0.5, 0.6) is 0 Å². The van der Waals surface area contributed by atoms with Gasteiger partial charge in [0.2, 0.25) is 10.0 Å². The van der Waals surface area contributed by atoms with Gasteiger partial charge in [0.1, 0.15) is 4.90 Å². The summed E-state index contributed by atoms with van der Waals surface area (Å²) in [7, 11) is -2.12. The van der Waals surface area contributed by atoms with Gasteiger partial charge >= 0.3 is 0 Å². The average molecular weight is 343 g/mol. The molecule has 0 aliphatic rings. The van der Waals surface area contributed by atoms with E-state index in [-0.39, 0.29) is 16.5 Å². The van der Waals surface area contributed by atoms with Crippen LogP contribution in [-0.2, 0) is 16.6 Å². The minimum absolute atomic E-state index is 0.0231. The molecule has 2 rings (SSSR count). The van der Waals surface area contributed by atoms with Crippen LogP contribution in [0.15, 0.2) is 52.5 Å². The zero-order valence-electron chi connectivity index (χ0n) is 11.7. The summed E-state index contributed by atoms with van der Waals surface area (Å²) in [5, 5.41) is 0.176. The molecule has 1 heterocycles. The Balaban J connectivity index is 2.22. The lowest BCUT2D eigenvalue weighted by Crippen LogP contribution is -2.26. The highest BCUT2D eigenvalue weighted by atomic mass is 35.5. The molecule has 0 spiro atoms. The van der Waals surface area contributed by atoms with Crippen LogP contribution in [0.4, 0.5) is 0 Å². The molecule has 2 aromatic rings. The van der Waals surface area contributed by atoms with Crippen LogP contribution in [-0.4, -0.2) is 31.0 Å². The van der Waals surface area contributed by atoms with Crippen molar-refractivity contribution in [3.63, 3.8) is 0 Å². The largest absolute Gasteiger partial charge is 0.263 e. The maximum absolute atomic E-state index is 12.5. The van der Waals surface area contributed by atoms with Crippen molar-refractivity contribution < 1.29 is 8.42 Å². The number of sulfonamides is 1. The first-order valence-corrected chi connectivity index (χ1v) is 9.18. The predicted octanol–water partition coefficient (Wildman–Crippen LogP) is 3.28. The third-order valence-electron chi connectivity index (χ3n) is 2.99. The second kappa shape index (κ2) is 6.79. The van der Waals surface area contributed by atoms with E-state index in [2.05, 4.69) is 4.98 Å². The number of halogens is 1. The van der Waals surface area contributed by atoms with Crippen LogP contribution in [0.25, 0.3) is 0 Å². The first kappa shape index (κ1) is 16.3. The van der Waals surface area contributed by atoms with E-state index in [0.29, 0.717) is 0 Å². The number of aromatic nitrogens is 1. The molecular weight excluding hydrogens is 328 g/mol. The van der Waals surface area contributed by atoms with Crippen LogP contribution in [0.1, 0.15) is 5.56 Å². The minimum Gasteiger partial charge on any atom is -0.263 e. The number of hydrogen-bond acceptors (Lipinski definition) is 4. The first-order chi connectivity index (χ1) is 9.95. The van der Waals surface area contributed by atoms with Gasteiger partial charge in [0.05, 0.1) is 5.02 Å². The van der Waals surface area contributed by atoms with Gasteiger partial charge in [-0.05, 0) is 30.0 Å². The molecule has 1 aromatic carbocycles. The quantitative estimate of drug-likeness (QED) is 0.782. The molecule has 1 aromatic heterocycles. The Labute approximate surface area is 134 Å². The SMILES string of the molecule is CSc1ccc(CN(C)S(=O)(=O)c2cnccc2Cl)cc1. The molecule has 0 bridgehead atoms. The fourth-order valence-electron chi connectivity index (χ4n) is 1.79. The van der Waals surface area contributed by atoms with Gasteiger partial charge in [0, 0.05) is 30.9 Å². The Bertz CT molecular complexity index is 718. The molecule has 0 radical (unpaired) electrons. The van der Waals surface area contributed by atoms with Crippen LogP contribution < -0.4 is 0 Å². The van der Waals surface area contributed by atoms with Crippen LogP contribution >= 0.6 is 23.4 Å². The molecule has 0 amide bonds. The smallest absolute Gasteiger partial charge is 0.246 e. The summed E-state index contributed by atoms with van der Waals surface area (Å²) in [6.07, 6.45) is 4.73. The van der Waals surface area contributed by atoms with Crippen molar-refractivity contribution in [2.24, 2.45) is 0 Å². The van der Waals surface area contributed by atoms with Crippen LogP contribution in [0, 0.1) is 0 Å². The van der Waals surface area contributed by atoms with E-state index in [1.165, 1.54) is 29.8 Å². The lowest BCUT2D eigenvalue weighted by molar-refractivity contribution is 0.466. The Morgan fingerprint density at radius 3 is 2.48 bits per heavy atom. The molecule has 7 heteroatoms. The summed E-state index contributed by atoms with van der Waals surface area (Å²) in [5.41, 5.74) is 0.916. The van der Waals surface area contributed by atoms with E-state index in [1.807, 2.05) is 30.5 Å². The van der Waals surface area contributed by atoms with Gasteiger partial charge in [-0.2, -0.15) is 4.31 Å². The van der Waals surface area contributed by atoms with Crippen molar-refractivity contribution in [3.8, 4) is 0 Å². The van der Waals surface area contributed by atoms with Crippen molar-refractivity contribution in [2.45, 2.75) is 16.3 Å². The maximum atomic E-state index is 12.5. The fraction of sp³-hybridized carbons (Fsp3) is 0.214. The molecule has 4 nitrogen and oxygen atoms in total. The first-order valence-electron chi connectivity index (χ1n) is 6.14. The number of benzene rings is 1. The Kier molecular flexibility index (Phi) is 5.27. The summed E-state index contributed by atoms with van der Waals surface area (Å²) in [6.45, 7) is 0.280. The molecule has 0 aliphatic heterocycles. The number of hydrogen-bond donors (Lipinski definition) is 0. The Hall–Kier alpha value is -1.08. The summed E-state index contributed by atoms with van der Waals surface area (Å²) in [4.78, 5) is 4.99. The third kappa shape index (κ3) is 3.77. The standard InChI is InChI=1S/C14H15ClN2O2S2/c1-17(10-11-3-5-12(20-2)6-4-11)21(18,19)14-9-16-8-7-13(14)15/h3-9H,10H2,1-2H3. The second-order valence-electron chi connectivity index (χ2n) is 4.42. The molecule has 0 unspecified atom stereocenters. The summed E-state index contributed by atoms with van der Waals surface area (Å²) >= 11 is 7.59. The Morgan fingerprint density at radius 1 is 1.24 bits per heavy atom. The molecule has 0 atom stereocenters. The van der Waals surface area contributed by atoms with Gasteiger partial charge in [-0.3, -0.25) is 4.98 Å². The monoisotopic (exact) mass is 342 g/mol. The lowest BCUT2D eigenvalue weighted by Gasteiger charge is -2.17. The highest BCUT2D eigenvalue weighted by Crippen LogP contribution is 2.24. The van der Waals surface area contributed by atoms with Gasteiger partial charge in [-0.15, -0.1) is 11.8 Å². The minimum atomic E-state index is -3.65. The van der Waals surface area contributed by atoms with Gasteiger partial charge in [0.25, 0.3) is 0 Å². The topological polar surface area (TPSA) is 50.3 Å². The van der Waals surface area contributed by atoms with Crippen molar-refractivity contribution in [2.75, 3.05) is 13.3 Å². The molecule has 0 saturated carbocycles. The van der Waals surface area contributed by atoms with E-state index in [1.54, 1.807) is 11.8 Å². The van der Waals surface area contributed by atoms with Crippen molar-refractivity contribution in [3.05, 3.63) is 53.3 Å². The zero-order valence-corrected chi connectivity index (χ0v) is 14.0. The summed E-state index contributed by atoms with van der Waals surface area (Å²) in [6, 6.07) is 9.25.